The molecule has 0 aliphatic carbocycles. The molecule has 19 heavy (non-hydrogen) atoms. The van der Waals surface area contributed by atoms with Gasteiger partial charge in [0.2, 0.25) is 0 Å². The molecule has 1 aliphatic heterocycles. The molecule has 1 aliphatic rings. The van der Waals surface area contributed by atoms with E-state index < -0.39 is 0 Å². The Morgan fingerprint density at radius 3 is 2.95 bits per heavy atom. The summed E-state index contributed by atoms with van der Waals surface area (Å²) < 4.78 is 13.7. The highest BCUT2D eigenvalue weighted by atomic mass is 19.1. The molecule has 0 spiro atoms. The van der Waals surface area contributed by atoms with Crippen LogP contribution in [0.25, 0.3) is 0 Å². The normalized spacial score (nSPS) is 21.7. The van der Waals surface area contributed by atoms with Crippen molar-refractivity contribution in [3.05, 3.63) is 29.6 Å². The van der Waals surface area contributed by atoms with Crippen molar-refractivity contribution in [2.24, 2.45) is 5.92 Å². The molecule has 0 amide bonds. The van der Waals surface area contributed by atoms with Gasteiger partial charge < -0.3 is 15.3 Å². The Morgan fingerprint density at radius 1 is 1.53 bits per heavy atom. The molecule has 1 fully saturated rings. The molecule has 0 bridgehead atoms. The van der Waals surface area contributed by atoms with Gasteiger partial charge in [-0.25, -0.2) is 4.39 Å². The predicted molar refractivity (Wildman–Crippen MR) is 74.7 cm³/mol. The molecule has 0 saturated carbocycles. The molecule has 1 saturated heterocycles. The molecule has 0 radical (unpaired) electrons. The maximum absolute atomic E-state index is 13.7. The number of phenols is 1. The van der Waals surface area contributed by atoms with Gasteiger partial charge in [0.05, 0.1) is 0 Å². The van der Waals surface area contributed by atoms with E-state index in [1.54, 1.807) is 6.07 Å². The topological polar surface area (TPSA) is 35.5 Å². The molecule has 2 N–H and O–H groups in total. The number of likely N-dealkylation sites (tertiary alicyclic amines) is 1. The fourth-order valence-corrected chi connectivity index (χ4v) is 2.69. The van der Waals surface area contributed by atoms with Gasteiger partial charge in [-0.2, -0.15) is 0 Å². The Morgan fingerprint density at radius 2 is 2.32 bits per heavy atom. The highest BCUT2D eigenvalue weighted by Gasteiger charge is 2.21. The lowest BCUT2D eigenvalue weighted by atomic mass is 10.1. The number of hydrogen-bond acceptors (Lipinski definition) is 3. The molecular formula is C15H23FN2O. The second kappa shape index (κ2) is 6.35. The van der Waals surface area contributed by atoms with Gasteiger partial charge in [-0.15, -0.1) is 0 Å². The highest BCUT2D eigenvalue weighted by molar-refractivity contribution is 5.29. The van der Waals surface area contributed by atoms with Crippen LogP contribution in [0.2, 0.25) is 0 Å². The second-order valence-electron chi connectivity index (χ2n) is 5.38. The molecule has 1 aromatic carbocycles. The van der Waals surface area contributed by atoms with Crippen molar-refractivity contribution < 1.29 is 9.50 Å². The summed E-state index contributed by atoms with van der Waals surface area (Å²) in [6.45, 7) is 8.47. The van der Waals surface area contributed by atoms with Crippen LogP contribution in [0.15, 0.2) is 18.2 Å². The van der Waals surface area contributed by atoms with Crippen molar-refractivity contribution in [2.75, 3.05) is 26.2 Å². The van der Waals surface area contributed by atoms with Crippen molar-refractivity contribution in [1.82, 2.24) is 10.2 Å². The van der Waals surface area contributed by atoms with Crippen LogP contribution in [0, 0.1) is 11.7 Å². The van der Waals surface area contributed by atoms with Gasteiger partial charge in [0.25, 0.3) is 0 Å². The summed E-state index contributed by atoms with van der Waals surface area (Å²) in [5, 5.41) is 12.6. The third kappa shape index (κ3) is 3.67. The van der Waals surface area contributed by atoms with Gasteiger partial charge in [-0.1, -0.05) is 13.0 Å². The van der Waals surface area contributed by atoms with Crippen molar-refractivity contribution in [3.8, 4) is 5.75 Å². The lowest BCUT2D eigenvalue weighted by molar-refractivity contribution is 0.335. The van der Waals surface area contributed by atoms with Crippen LogP contribution in [0.1, 0.15) is 31.9 Å². The minimum atomic E-state index is -0.346. The highest BCUT2D eigenvalue weighted by Crippen LogP contribution is 2.22. The molecule has 0 aromatic heterocycles. The molecule has 2 unspecified atom stereocenters. The number of phenolic OH excluding ortho intramolecular Hbond substituents is 1. The summed E-state index contributed by atoms with van der Waals surface area (Å²) >= 11 is 0. The number of halogens is 1. The van der Waals surface area contributed by atoms with Crippen molar-refractivity contribution in [2.45, 2.75) is 26.3 Å². The van der Waals surface area contributed by atoms with Crippen LogP contribution < -0.4 is 5.32 Å². The van der Waals surface area contributed by atoms with Gasteiger partial charge >= 0.3 is 0 Å². The maximum Gasteiger partial charge on any atom is 0.131 e. The van der Waals surface area contributed by atoms with Gasteiger partial charge in [0.1, 0.15) is 11.6 Å². The van der Waals surface area contributed by atoms with Crippen LogP contribution in [-0.4, -0.2) is 36.2 Å². The van der Waals surface area contributed by atoms with Crippen molar-refractivity contribution in [3.63, 3.8) is 0 Å². The van der Waals surface area contributed by atoms with E-state index in [-0.39, 0.29) is 17.6 Å². The summed E-state index contributed by atoms with van der Waals surface area (Å²) in [4.78, 5) is 2.44. The zero-order valence-corrected chi connectivity index (χ0v) is 11.7. The Labute approximate surface area is 114 Å². The molecule has 3 nitrogen and oxygen atoms in total. The van der Waals surface area contributed by atoms with Crippen LogP contribution >= 0.6 is 0 Å². The van der Waals surface area contributed by atoms with Gasteiger partial charge in [-0.3, -0.25) is 0 Å². The summed E-state index contributed by atoms with van der Waals surface area (Å²) in [6, 6.07) is 4.32. The maximum atomic E-state index is 13.7. The molecule has 1 heterocycles. The number of aromatic hydroxyl groups is 1. The van der Waals surface area contributed by atoms with E-state index in [0.717, 1.165) is 19.6 Å². The molecule has 2 rings (SSSR count). The third-order valence-electron chi connectivity index (χ3n) is 3.98. The van der Waals surface area contributed by atoms with Crippen molar-refractivity contribution in [1.29, 1.82) is 0 Å². The molecule has 1 aromatic rings. The zero-order valence-electron chi connectivity index (χ0n) is 11.7. The van der Waals surface area contributed by atoms with E-state index in [0.29, 0.717) is 11.5 Å². The molecule has 2 atom stereocenters. The monoisotopic (exact) mass is 266 g/mol. The first-order valence-electron chi connectivity index (χ1n) is 7.04. The lowest BCUT2D eigenvalue weighted by Gasteiger charge is -2.18. The standard InChI is InChI=1S/C15H23FN2O/c1-3-18-7-6-12(10-18)9-17-11(2)14-5-4-13(19)8-15(14)16/h4-5,8,11-12,17,19H,3,6-7,9-10H2,1-2H3. The SMILES string of the molecule is CCN1CCC(CNC(C)c2ccc(O)cc2F)C1. The van der Waals surface area contributed by atoms with E-state index in [4.69, 9.17) is 0 Å². The Hall–Kier alpha value is -1.13. The summed E-state index contributed by atoms with van der Waals surface area (Å²) in [5.74, 6) is 0.284. The first kappa shape index (κ1) is 14.3. The molecule has 4 heteroatoms. The third-order valence-corrected chi connectivity index (χ3v) is 3.98. The smallest absolute Gasteiger partial charge is 0.131 e. The largest absolute Gasteiger partial charge is 0.508 e. The average molecular weight is 266 g/mol. The van der Waals surface area contributed by atoms with Gasteiger partial charge in [0.15, 0.2) is 0 Å². The number of hydrogen-bond donors (Lipinski definition) is 2. The van der Waals surface area contributed by atoms with Gasteiger partial charge in [-0.05, 0) is 45.0 Å². The van der Waals surface area contributed by atoms with Gasteiger partial charge in [0, 0.05) is 24.2 Å². The number of benzene rings is 1. The fourth-order valence-electron chi connectivity index (χ4n) is 2.69. The summed E-state index contributed by atoms with van der Waals surface area (Å²) in [5.41, 5.74) is 0.614. The lowest BCUT2D eigenvalue weighted by Crippen LogP contribution is -2.28. The fraction of sp³-hybridized carbons (Fsp3) is 0.600. The van der Waals surface area contributed by atoms with E-state index in [2.05, 4.69) is 17.1 Å². The summed E-state index contributed by atoms with van der Waals surface area (Å²) in [7, 11) is 0. The van der Waals surface area contributed by atoms with Crippen molar-refractivity contribution >= 4 is 0 Å². The summed E-state index contributed by atoms with van der Waals surface area (Å²) in [6.07, 6.45) is 1.21. The molecular weight excluding hydrogens is 243 g/mol. The van der Waals surface area contributed by atoms with E-state index in [1.165, 1.54) is 25.1 Å². The quantitative estimate of drug-likeness (QED) is 0.859. The van der Waals surface area contributed by atoms with E-state index >= 15 is 0 Å². The minimum Gasteiger partial charge on any atom is -0.508 e. The first-order chi connectivity index (χ1) is 9.10. The van der Waals surface area contributed by atoms with Crippen LogP contribution in [0.4, 0.5) is 4.39 Å². The molecule has 106 valence electrons. The van der Waals surface area contributed by atoms with E-state index in [9.17, 15) is 9.50 Å². The number of nitrogens with one attached hydrogen (secondary N) is 1. The minimum absolute atomic E-state index is 0.0252. The average Bonchev–Trinajstić information content (AvgIpc) is 2.84. The Kier molecular flexibility index (Phi) is 4.77. The Balaban J connectivity index is 1.86. The van der Waals surface area contributed by atoms with Crippen LogP contribution in [0.3, 0.4) is 0 Å². The Bertz CT molecular complexity index is 425. The van der Waals surface area contributed by atoms with Crippen LogP contribution in [-0.2, 0) is 0 Å². The van der Waals surface area contributed by atoms with Crippen LogP contribution in [0.5, 0.6) is 5.75 Å². The second-order valence-corrected chi connectivity index (χ2v) is 5.38. The number of rotatable bonds is 5. The first-order valence-corrected chi connectivity index (χ1v) is 7.04. The predicted octanol–water partition coefficient (Wildman–Crippen LogP) is 2.52. The number of nitrogens with zero attached hydrogens (tertiary/aromatic N) is 1. The van der Waals surface area contributed by atoms with E-state index in [1.807, 2.05) is 6.92 Å². The zero-order chi connectivity index (χ0) is 13.8.